The highest BCUT2D eigenvalue weighted by Crippen LogP contribution is 2.20. The van der Waals surface area contributed by atoms with Gasteiger partial charge >= 0.3 is 0 Å². The van der Waals surface area contributed by atoms with Crippen molar-refractivity contribution in [2.24, 2.45) is 0 Å². The molecule has 0 aliphatic carbocycles. The van der Waals surface area contributed by atoms with E-state index in [1.165, 1.54) is 6.07 Å². The van der Waals surface area contributed by atoms with Crippen LogP contribution in [0, 0.1) is 17.1 Å². The average molecular weight is 261 g/mol. The van der Waals surface area contributed by atoms with Gasteiger partial charge in [0, 0.05) is 30.9 Å². The van der Waals surface area contributed by atoms with E-state index in [1.807, 2.05) is 6.07 Å². The number of nitrogens with zero attached hydrogens (tertiary/aromatic N) is 2. The lowest BCUT2D eigenvalue weighted by Gasteiger charge is -2.35. The second kappa shape index (κ2) is 6.03. The van der Waals surface area contributed by atoms with E-state index in [9.17, 15) is 4.39 Å². The second-order valence-corrected chi connectivity index (χ2v) is 5.35. The van der Waals surface area contributed by atoms with E-state index < -0.39 is 5.82 Å². The maximum absolute atomic E-state index is 13.2. The summed E-state index contributed by atoms with van der Waals surface area (Å²) in [4.78, 5) is 2.46. The number of nitrogens with one attached hydrogen (secondary N) is 1. The molecule has 0 saturated carbocycles. The minimum atomic E-state index is -0.456. The van der Waals surface area contributed by atoms with Crippen molar-refractivity contribution in [3.63, 3.8) is 0 Å². The summed E-state index contributed by atoms with van der Waals surface area (Å²) in [5, 5.41) is 12.2. The number of piperidine rings is 1. The third-order valence-corrected chi connectivity index (χ3v) is 3.72. The molecule has 0 unspecified atom stereocenters. The van der Waals surface area contributed by atoms with Crippen molar-refractivity contribution >= 4 is 5.69 Å². The molecule has 3 nitrogen and oxygen atoms in total. The first-order valence-corrected chi connectivity index (χ1v) is 6.80. The Balaban J connectivity index is 1.94. The zero-order valence-corrected chi connectivity index (χ0v) is 11.5. The van der Waals surface area contributed by atoms with E-state index in [2.05, 4.69) is 24.1 Å². The highest BCUT2D eigenvalue weighted by molar-refractivity contribution is 5.50. The molecule has 1 saturated heterocycles. The van der Waals surface area contributed by atoms with Gasteiger partial charge in [-0.3, -0.25) is 0 Å². The molecule has 1 aromatic rings. The lowest BCUT2D eigenvalue weighted by Crippen LogP contribution is -2.42. The molecule has 19 heavy (non-hydrogen) atoms. The van der Waals surface area contributed by atoms with Gasteiger partial charge in [-0.2, -0.15) is 5.26 Å². The molecule has 0 aromatic heterocycles. The van der Waals surface area contributed by atoms with Crippen molar-refractivity contribution < 1.29 is 4.39 Å². The zero-order chi connectivity index (χ0) is 13.8. The van der Waals surface area contributed by atoms with Crippen LogP contribution in [-0.4, -0.2) is 30.1 Å². The van der Waals surface area contributed by atoms with Crippen molar-refractivity contribution in [2.45, 2.75) is 38.8 Å². The van der Waals surface area contributed by atoms with E-state index in [4.69, 9.17) is 5.26 Å². The Morgan fingerprint density at radius 2 is 2.05 bits per heavy atom. The molecule has 0 bridgehead atoms. The first kappa shape index (κ1) is 13.8. The molecule has 0 atom stereocenters. The number of nitriles is 1. The maximum atomic E-state index is 13.2. The number of rotatable bonds is 3. The van der Waals surface area contributed by atoms with Gasteiger partial charge in [-0.15, -0.1) is 0 Å². The fourth-order valence-corrected chi connectivity index (χ4v) is 2.50. The van der Waals surface area contributed by atoms with Crippen LogP contribution in [0.4, 0.5) is 10.1 Å². The fourth-order valence-electron chi connectivity index (χ4n) is 2.50. The lowest BCUT2D eigenvalue weighted by atomic mass is 10.0. The van der Waals surface area contributed by atoms with Gasteiger partial charge in [0.15, 0.2) is 0 Å². The molecule has 0 spiro atoms. The van der Waals surface area contributed by atoms with Crippen molar-refractivity contribution in [1.29, 1.82) is 5.26 Å². The standard InChI is InChI=1S/C15H20FN3/c1-11(2)19-7-5-13(6-8-19)18-14-3-4-15(16)12(9-14)10-17/h3-4,9,11,13,18H,5-8H2,1-2H3. The van der Waals surface area contributed by atoms with Crippen LogP contribution in [0.25, 0.3) is 0 Å². The molecule has 0 radical (unpaired) electrons. The normalized spacial score (nSPS) is 17.4. The molecule has 0 amide bonds. The van der Waals surface area contributed by atoms with Gasteiger partial charge in [0.2, 0.25) is 0 Å². The Hall–Kier alpha value is -1.60. The summed E-state index contributed by atoms with van der Waals surface area (Å²) in [7, 11) is 0. The highest BCUT2D eigenvalue weighted by atomic mass is 19.1. The summed E-state index contributed by atoms with van der Waals surface area (Å²) >= 11 is 0. The molecule has 4 heteroatoms. The Morgan fingerprint density at radius 3 is 2.63 bits per heavy atom. The molecule has 1 heterocycles. The smallest absolute Gasteiger partial charge is 0.141 e. The molecule has 1 N–H and O–H groups in total. The Bertz CT molecular complexity index is 471. The maximum Gasteiger partial charge on any atom is 0.141 e. The summed E-state index contributed by atoms with van der Waals surface area (Å²) in [5.41, 5.74) is 0.936. The number of likely N-dealkylation sites (tertiary alicyclic amines) is 1. The van der Waals surface area contributed by atoms with Crippen LogP contribution in [-0.2, 0) is 0 Å². The molecule has 1 aliphatic heterocycles. The molecule has 1 aliphatic rings. The summed E-state index contributed by atoms with van der Waals surface area (Å²) < 4.78 is 13.2. The SMILES string of the molecule is CC(C)N1CCC(Nc2ccc(F)c(C#N)c2)CC1. The van der Waals surface area contributed by atoms with Crippen molar-refractivity contribution in [3.8, 4) is 6.07 Å². The topological polar surface area (TPSA) is 39.1 Å². The fraction of sp³-hybridized carbons (Fsp3) is 0.533. The van der Waals surface area contributed by atoms with Crippen molar-refractivity contribution in [1.82, 2.24) is 4.90 Å². The third kappa shape index (κ3) is 3.45. The van der Waals surface area contributed by atoms with Crippen LogP contribution < -0.4 is 5.32 Å². The first-order chi connectivity index (χ1) is 9.10. The van der Waals surface area contributed by atoms with Gasteiger partial charge in [-0.05, 0) is 44.9 Å². The molecule has 102 valence electrons. The average Bonchev–Trinajstić information content (AvgIpc) is 2.41. The van der Waals surface area contributed by atoms with Gasteiger partial charge in [0.1, 0.15) is 11.9 Å². The monoisotopic (exact) mass is 261 g/mol. The summed E-state index contributed by atoms with van der Waals surface area (Å²) in [5.74, 6) is -0.456. The van der Waals surface area contributed by atoms with Crippen LogP contribution in [0.3, 0.4) is 0 Å². The van der Waals surface area contributed by atoms with Crippen LogP contribution in [0.5, 0.6) is 0 Å². The molecule has 1 fully saturated rings. The van der Waals surface area contributed by atoms with E-state index in [1.54, 1.807) is 12.1 Å². The predicted molar refractivity (Wildman–Crippen MR) is 74.5 cm³/mol. The molecule has 2 rings (SSSR count). The second-order valence-electron chi connectivity index (χ2n) is 5.35. The molecular formula is C15H20FN3. The minimum absolute atomic E-state index is 0.101. The van der Waals surface area contributed by atoms with Gasteiger partial charge < -0.3 is 10.2 Å². The van der Waals surface area contributed by atoms with Gasteiger partial charge in [-0.25, -0.2) is 4.39 Å². The summed E-state index contributed by atoms with van der Waals surface area (Å²) in [6, 6.07) is 7.51. The van der Waals surface area contributed by atoms with E-state index in [0.717, 1.165) is 31.6 Å². The first-order valence-electron chi connectivity index (χ1n) is 6.80. The highest BCUT2D eigenvalue weighted by Gasteiger charge is 2.20. The predicted octanol–water partition coefficient (Wildman–Crippen LogP) is 2.98. The van der Waals surface area contributed by atoms with Crippen LogP contribution in [0.2, 0.25) is 0 Å². The van der Waals surface area contributed by atoms with E-state index in [0.29, 0.717) is 12.1 Å². The zero-order valence-electron chi connectivity index (χ0n) is 11.5. The number of anilines is 1. The van der Waals surface area contributed by atoms with Gasteiger partial charge in [0.25, 0.3) is 0 Å². The quantitative estimate of drug-likeness (QED) is 0.909. The molecular weight excluding hydrogens is 241 g/mol. The Labute approximate surface area is 114 Å². The number of benzene rings is 1. The van der Waals surface area contributed by atoms with Gasteiger partial charge in [0.05, 0.1) is 5.56 Å². The number of hydrogen-bond donors (Lipinski definition) is 1. The number of hydrogen-bond acceptors (Lipinski definition) is 3. The number of halogens is 1. The lowest BCUT2D eigenvalue weighted by molar-refractivity contribution is 0.177. The summed E-state index contributed by atoms with van der Waals surface area (Å²) in [6.45, 7) is 6.60. The Kier molecular flexibility index (Phi) is 4.39. The summed E-state index contributed by atoms with van der Waals surface area (Å²) in [6.07, 6.45) is 2.16. The van der Waals surface area contributed by atoms with Crippen LogP contribution >= 0.6 is 0 Å². The largest absolute Gasteiger partial charge is 0.382 e. The van der Waals surface area contributed by atoms with Gasteiger partial charge in [-0.1, -0.05) is 0 Å². The van der Waals surface area contributed by atoms with Crippen LogP contribution in [0.1, 0.15) is 32.3 Å². The van der Waals surface area contributed by atoms with Crippen molar-refractivity contribution in [3.05, 3.63) is 29.6 Å². The molecule has 1 aromatic carbocycles. The van der Waals surface area contributed by atoms with Crippen LogP contribution in [0.15, 0.2) is 18.2 Å². The Morgan fingerprint density at radius 1 is 1.37 bits per heavy atom. The minimum Gasteiger partial charge on any atom is -0.382 e. The van der Waals surface area contributed by atoms with E-state index >= 15 is 0 Å². The van der Waals surface area contributed by atoms with Crippen molar-refractivity contribution in [2.75, 3.05) is 18.4 Å². The van der Waals surface area contributed by atoms with E-state index in [-0.39, 0.29) is 5.56 Å². The third-order valence-electron chi connectivity index (χ3n) is 3.72.